The molecule has 0 unspecified atom stereocenters. The summed E-state index contributed by atoms with van der Waals surface area (Å²) >= 11 is 0. The van der Waals surface area contributed by atoms with Crippen molar-refractivity contribution >= 4 is 23.3 Å². The number of benzene rings is 1. The summed E-state index contributed by atoms with van der Waals surface area (Å²) in [5.41, 5.74) is 2.73. The molecule has 0 amide bonds. The highest BCUT2D eigenvalue weighted by Crippen LogP contribution is 2.27. The van der Waals surface area contributed by atoms with Gasteiger partial charge in [0.1, 0.15) is 6.29 Å². The quantitative estimate of drug-likeness (QED) is 0.799. The van der Waals surface area contributed by atoms with Crippen molar-refractivity contribution in [3.63, 3.8) is 0 Å². The van der Waals surface area contributed by atoms with E-state index in [2.05, 4.69) is 36.2 Å². The minimum absolute atomic E-state index is 0.423. The summed E-state index contributed by atoms with van der Waals surface area (Å²) < 4.78 is 5.12. The molecule has 0 spiro atoms. The number of hydrogen-bond acceptors (Lipinski definition) is 3. The number of aryl methyl sites for hydroxylation is 1. The third-order valence-corrected chi connectivity index (χ3v) is 3.72. The van der Waals surface area contributed by atoms with Gasteiger partial charge in [-0.1, -0.05) is 37.3 Å². The molecule has 0 aliphatic carbocycles. The van der Waals surface area contributed by atoms with Gasteiger partial charge in [0.2, 0.25) is 0 Å². The topological polar surface area (TPSA) is 39.2 Å². The Bertz CT molecular complexity index is 672. The molecule has 0 N–H and O–H groups in total. The van der Waals surface area contributed by atoms with E-state index in [1.807, 2.05) is 18.2 Å². The van der Waals surface area contributed by atoms with Gasteiger partial charge in [-0.15, -0.1) is 0 Å². The van der Waals surface area contributed by atoms with Crippen LogP contribution in [0, 0.1) is 5.41 Å². The van der Waals surface area contributed by atoms with Crippen LogP contribution < -0.4 is 0 Å². The molecule has 0 saturated carbocycles. The zero-order valence-electron chi connectivity index (χ0n) is 11.5. The lowest BCUT2D eigenvalue weighted by Gasteiger charge is -2.33. The van der Waals surface area contributed by atoms with Crippen LogP contribution in [0.3, 0.4) is 0 Å². The van der Waals surface area contributed by atoms with Crippen molar-refractivity contribution in [2.45, 2.75) is 13.3 Å². The predicted octanol–water partition coefficient (Wildman–Crippen LogP) is 3.03. The Balaban J connectivity index is 1.92. The number of hydrogen-bond donors (Lipinski definition) is 0. The molecular formula is C17H17NO2. The maximum absolute atomic E-state index is 11.1. The number of carbonyl (C=O) groups is 1. The summed E-state index contributed by atoms with van der Waals surface area (Å²) in [7, 11) is 0. The highest BCUT2D eigenvalue weighted by atomic mass is 16.5. The Hall–Kier alpha value is -2.00. The molecule has 1 aromatic carbocycles. The maximum atomic E-state index is 11.1. The zero-order valence-corrected chi connectivity index (χ0v) is 11.5. The average Bonchev–Trinajstić information content (AvgIpc) is 2.45. The van der Waals surface area contributed by atoms with Crippen LogP contribution in [0.25, 0.3) is 17.0 Å². The van der Waals surface area contributed by atoms with Crippen LogP contribution in [-0.2, 0) is 16.0 Å². The van der Waals surface area contributed by atoms with Crippen molar-refractivity contribution in [3.05, 3.63) is 47.7 Å². The molecular weight excluding hydrogens is 250 g/mol. The Morgan fingerprint density at radius 1 is 1.30 bits per heavy atom. The molecule has 1 saturated heterocycles. The van der Waals surface area contributed by atoms with E-state index in [-0.39, 0.29) is 0 Å². The van der Waals surface area contributed by atoms with E-state index in [1.165, 1.54) is 0 Å². The van der Waals surface area contributed by atoms with Crippen molar-refractivity contribution in [3.8, 4) is 0 Å². The van der Waals surface area contributed by atoms with Crippen LogP contribution in [0.15, 0.2) is 36.4 Å². The van der Waals surface area contributed by atoms with Crippen LogP contribution in [0.4, 0.5) is 0 Å². The van der Waals surface area contributed by atoms with Crippen LogP contribution in [0.5, 0.6) is 0 Å². The summed E-state index contributed by atoms with van der Waals surface area (Å²) in [6.07, 6.45) is 5.83. The molecule has 0 bridgehead atoms. The van der Waals surface area contributed by atoms with E-state index in [0.29, 0.717) is 13.2 Å². The standard InChI is InChI=1S/C17H17NO2/c1-2-15-6-5-14-4-3-13(9-16(14)18-15)7-8-17(10-19)11-20-12-17/h3-10H,2,11-12H2,1H3/b8-7+. The molecule has 20 heavy (non-hydrogen) atoms. The molecule has 1 fully saturated rings. The molecule has 3 rings (SSSR count). The van der Waals surface area contributed by atoms with Crippen molar-refractivity contribution in [1.29, 1.82) is 0 Å². The summed E-state index contributed by atoms with van der Waals surface area (Å²) in [5, 5.41) is 1.14. The normalized spacial score (nSPS) is 17.2. The maximum Gasteiger partial charge on any atom is 0.134 e. The van der Waals surface area contributed by atoms with Gasteiger partial charge in [0.25, 0.3) is 0 Å². The van der Waals surface area contributed by atoms with E-state index in [4.69, 9.17) is 4.74 Å². The van der Waals surface area contributed by atoms with Gasteiger partial charge in [-0.25, -0.2) is 0 Å². The number of fused-ring (bicyclic) bond motifs is 1. The third kappa shape index (κ3) is 2.37. The minimum atomic E-state index is -0.423. The average molecular weight is 267 g/mol. The van der Waals surface area contributed by atoms with Crippen LogP contribution in [-0.4, -0.2) is 24.5 Å². The third-order valence-electron chi connectivity index (χ3n) is 3.72. The first-order valence-corrected chi connectivity index (χ1v) is 6.88. The largest absolute Gasteiger partial charge is 0.379 e. The van der Waals surface area contributed by atoms with Gasteiger partial charge in [-0.05, 0) is 24.1 Å². The smallest absolute Gasteiger partial charge is 0.134 e. The molecule has 2 heterocycles. The van der Waals surface area contributed by atoms with Crippen LogP contribution in [0.1, 0.15) is 18.2 Å². The van der Waals surface area contributed by atoms with Crippen LogP contribution in [0.2, 0.25) is 0 Å². The molecule has 2 aromatic rings. The molecule has 3 heteroatoms. The Labute approximate surface area is 118 Å². The molecule has 0 atom stereocenters. The molecule has 0 radical (unpaired) electrons. The SMILES string of the molecule is CCc1ccc2ccc(/C=C/C3(C=O)COC3)cc2n1. The number of rotatable bonds is 4. The Kier molecular flexibility index (Phi) is 3.36. The van der Waals surface area contributed by atoms with Gasteiger partial charge in [-0.2, -0.15) is 0 Å². The molecule has 1 aliphatic heterocycles. The predicted molar refractivity (Wildman–Crippen MR) is 79.5 cm³/mol. The van der Waals surface area contributed by atoms with Crippen molar-refractivity contribution in [1.82, 2.24) is 4.98 Å². The highest BCUT2D eigenvalue weighted by molar-refractivity contribution is 5.81. The fourth-order valence-electron chi connectivity index (χ4n) is 2.28. The van der Waals surface area contributed by atoms with Crippen molar-refractivity contribution in [2.75, 3.05) is 13.2 Å². The van der Waals surface area contributed by atoms with Gasteiger partial charge < -0.3 is 9.53 Å². The molecule has 1 aromatic heterocycles. The monoisotopic (exact) mass is 267 g/mol. The van der Waals surface area contributed by atoms with Crippen LogP contribution >= 0.6 is 0 Å². The minimum Gasteiger partial charge on any atom is -0.379 e. The molecule has 102 valence electrons. The summed E-state index contributed by atoms with van der Waals surface area (Å²) in [6, 6.07) is 10.3. The number of ether oxygens (including phenoxy) is 1. The lowest BCUT2D eigenvalue weighted by molar-refractivity contribution is -0.135. The second kappa shape index (κ2) is 5.17. The second-order valence-corrected chi connectivity index (χ2v) is 5.29. The van der Waals surface area contributed by atoms with Crippen molar-refractivity contribution in [2.24, 2.45) is 5.41 Å². The van der Waals surface area contributed by atoms with Gasteiger partial charge in [0.15, 0.2) is 0 Å². The molecule has 3 nitrogen and oxygen atoms in total. The first-order chi connectivity index (χ1) is 9.74. The van der Waals surface area contributed by atoms with E-state index < -0.39 is 5.41 Å². The van der Waals surface area contributed by atoms with E-state index in [1.54, 1.807) is 0 Å². The Morgan fingerprint density at radius 3 is 2.75 bits per heavy atom. The number of aromatic nitrogens is 1. The summed E-state index contributed by atoms with van der Waals surface area (Å²) in [5.74, 6) is 0. The number of carbonyl (C=O) groups excluding carboxylic acids is 1. The fourth-order valence-corrected chi connectivity index (χ4v) is 2.28. The van der Waals surface area contributed by atoms with E-state index in [0.717, 1.165) is 34.9 Å². The van der Waals surface area contributed by atoms with Gasteiger partial charge in [0, 0.05) is 11.1 Å². The first-order valence-electron chi connectivity index (χ1n) is 6.88. The number of aldehydes is 1. The van der Waals surface area contributed by atoms with E-state index >= 15 is 0 Å². The summed E-state index contributed by atoms with van der Waals surface area (Å²) in [4.78, 5) is 15.7. The Morgan fingerprint density at radius 2 is 2.10 bits per heavy atom. The number of pyridine rings is 1. The lowest BCUT2D eigenvalue weighted by Crippen LogP contribution is -2.42. The first kappa shape index (κ1) is 13.0. The number of nitrogens with zero attached hydrogens (tertiary/aromatic N) is 1. The van der Waals surface area contributed by atoms with E-state index in [9.17, 15) is 4.79 Å². The van der Waals surface area contributed by atoms with Gasteiger partial charge in [-0.3, -0.25) is 4.98 Å². The second-order valence-electron chi connectivity index (χ2n) is 5.29. The van der Waals surface area contributed by atoms with Gasteiger partial charge in [0.05, 0.1) is 24.1 Å². The summed E-state index contributed by atoms with van der Waals surface area (Å²) in [6.45, 7) is 3.07. The highest BCUT2D eigenvalue weighted by Gasteiger charge is 2.35. The lowest BCUT2D eigenvalue weighted by atomic mass is 9.87. The zero-order chi connectivity index (χ0) is 14.0. The molecule has 1 aliphatic rings. The fraction of sp³-hybridized carbons (Fsp3) is 0.294. The van der Waals surface area contributed by atoms with Crippen molar-refractivity contribution < 1.29 is 9.53 Å². The van der Waals surface area contributed by atoms with Gasteiger partial charge >= 0.3 is 0 Å².